The Morgan fingerprint density at radius 3 is 2.31 bits per heavy atom. The molecule has 0 aliphatic rings. The Morgan fingerprint density at radius 1 is 1.38 bits per heavy atom. The Hall–Kier alpha value is -0.610. The predicted octanol–water partition coefficient (Wildman–Crippen LogP) is 1.88. The minimum Gasteiger partial charge on any atom is -0.481 e. The van der Waals surface area contributed by atoms with Crippen molar-refractivity contribution < 1.29 is 14.6 Å². The third kappa shape index (κ3) is 7.65. The molecule has 0 radical (unpaired) electrons. The van der Waals surface area contributed by atoms with Crippen molar-refractivity contribution in [3.63, 3.8) is 0 Å². The summed E-state index contributed by atoms with van der Waals surface area (Å²) in [5.74, 6) is -0.851. The normalized spacial score (nSPS) is 15.8. The SMILES string of the molecule is CC(CCC(CN)C(=O)O)COC(C)(C)C. The van der Waals surface area contributed by atoms with Crippen LogP contribution in [0, 0.1) is 11.8 Å². The highest BCUT2D eigenvalue weighted by molar-refractivity contribution is 5.70. The van der Waals surface area contributed by atoms with Gasteiger partial charge in [0.05, 0.1) is 11.5 Å². The van der Waals surface area contributed by atoms with Gasteiger partial charge in [-0.1, -0.05) is 6.92 Å². The minimum absolute atomic E-state index is 0.131. The van der Waals surface area contributed by atoms with Gasteiger partial charge >= 0.3 is 5.97 Å². The van der Waals surface area contributed by atoms with E-state index < -0.39 is 11.9 Å². The lowest BCUT2D eigenvalue weighted by atomic mass is 9.97. The van der Waals surface area contributed by atoms with Crippen LogP contribution in [0.25, 0.3) is 0 Å². The molecule has 3 N–H and O–H groups in total. The van der Waals surface area contributed by atoms with Crippen molar-refractivity contribution in [2.24, 2.45) is 17.6 Å². The summed E-state index contributed by atoms with van der Waals surface area (Å²) in [6.07, 6.45) is 1.46. The van der Waals surface area contributed by atoms with Gasteiger partial charge in [-0.3, -0.25) is 4.79 Å². The molecule has 0 fully saturated rings. The van der Waals surface area contributed by atoms with E-state index in [0.29, 0.717) is 18.9 Å². The van der Waals surface area contributed by atoms with Crippen LogP contribution < -0.4 is 5.73 Å². The van der Waals surface area contributed by atoms with Gasteiger partial charge in [0, 0.05) is 13.2 Å². The Bertz CT molecular complexity index is 211. The van der Waals surface area contributed by atoms with Crippen LogP contribution in [0.2, 0.25) is 0 Å². The average molecular weight is 231 g/mol. The summed E-state index contributed by atoms with van der Waals surface area (Å²) in [6.45, 7) is 8.99. The number of hydrogen-bond acceptors (Lipinski definition) is 3. The van der Waals surface area contributed by atoms with E-state index in [0.717, 1.165) is 6.42 Å². The molecular formula is C12H25NO3. The standard InChI is InChI=1S/C12H25NO3/c1-9(8-16-12(2,3)4)5-6-10(7-13)11(14)15/h9-10H,5-8,13H2,1-4H3,(H,14,15). The van der Waals surface area contributed by atoms with Crippen LogP contribution in [0.5, 0.6) is 0 Å². The molecule has 0 aliphatic carbocycles. The molecule has 0 saturated heterocycles. The van der Waals surface area contributed by atoms with Gasteiger partial charge < -0.3 is 15.6 Å². The highest BCUT2D eigenvalue weighted by atomic mass is 16.5. The molecular weight excluding hydrogens is 206 g/mol. The van der Waals surface area contributed by atoms with Crippen molar-refractivity contribution in [1.29, 1.82) is 0 Å². The number of carboxylic acids is 1. The van der Waals surface area contributed by atoms with Gasteiger partial charge in [0.1, 0.15) is 0 Å². The molecule has 0 aromatic heterocycles. The number of ether oxygens (including phenoxy) is 1. The summed E-state index contributed by atoms with van der Waals surface area (Å²) < 4.78 is 5.64. The molecule has 0 spiro atoms. The van der Waals surface area contributed by atoms with Gasteiger partial charge in [-0.25, -0.2) is 0 Å². The van der Waals surface area contributed by atoms with Crippen LogP contribution in [0.15, 0.2) is 0 Å². The van der Waals surface area contributed by atoms with Crippen molar-refractivity contribution in [3.05, 3.63) is 0 Å². The second kappa shape index (κ2) is 6.86. The van der Waals surface area contributed by atoms with E-state index >= 15 is 0 Å². The van der Waals surface area contributed by atoms with Crippen LogP contribution in [0.4, 0.5) is 0 Å². The number of hydrogen-bond donors (Lipinski definition) is 2. The van der Waals surface area contributed by atoms with E-state index in [-0.39, 0.29) is 12.1 Å². The Kier molecular flexibility index (Phi) is 6.60. The maximum absolute atomic E-state index is 10.7. The maximum atomic E-state index is 10.7. The second-order valence-corrected chi connectivity index (χ2v) is 5.38. The number of carboxylic acid groups (broad SMARTS) is 1. The van der Waals surface area contributed by atoms with E-state index in [2.05, 4.69) is 6.92 Å². The fraction of sp³-hybridized carbons (Fsp3) is 0.917. The third-order valence-electron chi connectivity index (χ3n) is 2.44. The van der Waals surface area contributed by atoms with E-state index in [1.165, 1.54) is 0 Å². The van der Waals surface area contributed by atoms with Crippen molar-refractivity contribution in [1.82, 2.24) is 0 Å². The fourth-order valence-corrected chi connectivity index (χ4v) is 1.30. The number of carbonyl (C=O) groups is 1. The Labute approximate surface area is 98.2 Å². The maximum Gasteiger partial charge on any atom is 0.307 e. The second-order valence-electron chi connectivity index (χ2n) is 5.38. The summed E-state index contributed by atoms with van der Waals surface area (Å²) in [5, 5.41) is 8.83. The highest BCUT2D eigenvalue weighted by Crippen LogP contribution is 2.15. The van der Waals surface area contributed by atoms with Crippen LogP contribution >= 0.6 is 0 Å². The molecule has 0 rings (SSSR count). The van der Waals surface area contributed by atoms with Crippen LogP contribution in [0.3, 0.4) is 0 Å². The first-order chi connectivity index (χ1) is 7.26. The molecule has 4 nitrogen and oxygen atoms in total. The van der Waals surface area contributed by atoms with E-state index in [9.17, 15) is 4.79 Å². The molecule has 2 atom stereocenters. The average Bonchev–Trinajstić information content (AvgIpc) is 2.14. The van der Waals surface area contributed by atoms with Crippen LogP contribution in [0.1, 0.15) is 40.5 Å². The summed E-state index contributed by atoms with van der Waals surface area (Å²) in [7, 11) is 0. The number of aliphatic carboxylic acids is 1. The monoisotopic (exact) mass is 231 g/mol. The van der Waals surface area contributed by atoms with Gasteiger partial charge in [0.25, 0.3) is 0 Å². The molecule has 96 valence electrons. The zero-order chi connectivity index (χ0) is 12.8. The molecule has 4 heteroatoms. The molecule has 0 aliphatic heterocycles. The molecule has 0 bridgehead atoms. The lowest BCUT2D eigenvalue weighted by Gasteiger charge is -2.23. The molecule has 2 unspecified atom stereocenters. The number of nitrogens with two attached hydrogens (primary N) is 1. The molecule has 16 heavy (non-hydrogen) atoms. The highest BCUT2D eigenvalue weighted by Gasteiger charge is 2.18. The molecule has 0 amide bonds. The van der Waals surface area contributed by atoms with Gasteiger partial charge in [-0.05, 0) is 39.5 Å². The third-order valence-corrected chi connectivity index (χ3v) is 2.44. The minimum atomic E-state index is -0.800. The van der Waals surface area contributed by atoms with Gasteiger partial charge in [-0.15, -0.1) is 0 Å². The Morgan fingerprint density at radius 2 is 1.94 bits per heavy atom. The van der Waals surface area contributed by atoms with Crippen molar-refractivity contribution in [2.75, 3.05) is 13.2 Å². The first-order valence-electron chi connectivity index (χ1n) is 5.83. The first kappa shape index (κ1) is 15.4. The van der Waals surface area contributed by atoms with Gasteiger partial charge in [-0.2, -0.15) is 0 Å². The number of rotatable bonds is 7. The van der Waals surface area contributed by atoms with Crippen LogP contribution in [-0.4, -0.2) is 29.8 Å². The van der Waals surface area contributed by atoms with E-state index in [1.54, 1.807) is 0 Å². The van der Waals surface area contributed by atoms with Gasteiger partial charge in [0.15, 0.2) is 0 Å². The van der Waals surface area contributed by atoms with E-state index in [4.69, 9.17) is 15.6 Å². The zero-order valence-corrected chi connectivity index (χ0v) is 10.8. The van der Waals surface area contributed by atoms with Crippen molar-refractivity contribution >= 4 is 5.97 Å². The lowest BCUT2D eigenvalue weighted by Crippen LogP contribution is -2.25. The quantitative estimate of drug-likeness (QED) is 0.701. The lowest BCUT2D eigenvalue weighted by molar-refractivity contribution is -0.141. The fourth-order valence-electron chi connectivity index (χ4n) is 1.30. The summed E-state index contributed by atoms with van der Waals surface area (Å²) in [4.78, 5) is 10.7. The largest absolute Gasteiger partial charge is 0.481 e. The van der Waals surface area contributed by atoms with E-state index in [1.807, 2.05) is 20.8 Å². The smallest absolute Gasteiger partial charge is 0.307 e. The van der Waals surface area contributed by atoms with Crippen molar-refractivity contribution in [3.8, 4) is 0 Å². The van der Waals surface area contributed by atoms with Crippen molar-refractivity contribution in [2.45, 2.75) is 46.1 Å². The topological polar surface area (TPSA) is 72.6 Å². The molecule has 0 aromatic carbocycles. The van der Waals surface area contributed by atoms with Gasteiger partial charge in [0.2, 0.25) is 0 Å². The molecule has 0 heterocycles. The Balaban J connectivity index is 3.80. The summed E-state index contributed by atoms with van der Waals surface area (Å²) in [6, 6.07) is 0. The predicted molar refractivity (Wildman–Crippen MR) is 64.3 cm³/mol. The van der Waals surface area contributed by atoms with Crippen LogP contribution in [-0.2, 0) is 9.53 Å². The first-order valence-corrected chi connectivity index (χ1v) is 5.83. The summed E-state index contributed by atoms with van der Waals surface area (Å²) >= 11 is 0. The summed E-state index contributed by atoms with van der Waals surface area (Å²) in [5.41, 5.74) is 5.26. The zero-order valence-electron chi connectivity index (χ0n) is 10.8. The molecule has 0 aromatic rings. The molecule has 0 saturated carbocycles.